The van der Waals surface area contributed by atoms with Crippen molar-refractivity contribution in [2.75, 3.05) is 6.79 Å². The molecule has 1 heterocycles. The lowest BCUT2D eigenvalue weighted by Crippen LogP contribution is -2.30. The first-order valence-corrected chi connectivity index (χ1v) is 6.45. The van der Waals surface area contributed by atoms with E-state index in [0.29, 0.717) is 13.0 Å². The van der Waals surface area contributed by atoms with Crippen molar-refractivity contribution in [3.63, 3.8) is 0 Å². The number of fused-ring (bicyclic) bond motifs is 1. The molecule has 0 saturated heterocycles. The minimum Gasteiger partial charge on any atom is -0.454 e. The van der Waals surface area contributed by atoms with Crippen molar-refractivity contribution < 1.29 is 14.3 Å². The summed E-state index contributed by atoms with van der Waals surface area (Å²) in [6.07, 6.45) is 0.322. The molecule has 1 aromatic carbocycles. The monoisotopic (exact) mass is 314 g/mol. The predicted molar refractivity (Wildman–Crippen MR) is 70.4 cm³/mol. The SMILES string of the molecule is CC(CC(N)=O)NCc1cc2c(cc1Br)OCO2. The average molecular weight is 315 g/mol. The van der Waals surface area contributed by atoms with Crippen LogP contribution in [0.4, 0.5) is 0 Å². The summed E-state index contributed by atoms with van der Waals surface area (Å²) in [5, 5.41) is 3.24. The van der Waals surface area contributed by atoms with Gasteiger partial charge in [-0.15, -0.1) is 0 Å². The van der Waals surface area contributed by atoms with E-state index in [0.717, 1.165) is 21.5 Å². The lowest BCUT2D eigenvalue weighted by atomic mass is 10.1. The Labute approximate surface area is 114 Å². The summed E-state index contributed by atoms with van der Waals surface area (Å²) in [7, 11) is 0. The number of benzene rings is 1. The molecule has 0 saturated carbocycles. The summed E-state index contributed by atoms with van der Waals surface area (Å²) >= 11 is 3.48. The van der Waals surface area contributed by atoms with Gasteiger partial charge < -0.3 is 20.5 Å². The number of carbonyl (C=O) groups is 1. The lowest BCUT2D eigenvalue weighted by molar-refractivity contribution is -0.118. The summed E-state index contributed by atoms with van der Waals surface area (Å²) in [6.45, 7) is 2.81. The molecule has 18 heavy (non-hydrogen) atoms. The van der Waals surface area contributed by atoms with Gasteiger partial charge in [0, 0.05) is 23.5 Å². The van der Waals surface area contributed by atoms with E-state index in [1.54, 1.807) is 0 Å². The summed E-state index contributed by atoms with van der Waals surface area (Å²) in [4.78, 5) is 10.8. The van der Waals surface area contributed by atoms with Crippen LogP contribution in [0.15, 0.2) is 16.6 Å². The van der Waals surface area contributed by atoms with Gasteiger partial charge in [0.2, 0.25) is 12.7 Å². The second-order valence-electron chi connectivity index (χ2n) is 4.25. The molecule has 3 N–H and O–H groups in total. The molecule has 0 fully saturated rings. The molecule has 1 aromatic rings. The van der Waals surface area contributed by atoms with Crippen LogP contribution in [-0.2, 0) is 11.3 Å². The van der Waals surface area contributed by atoms with Gasteiger partial charge in [0.25, 0.3) is 0 Å². The van der Waals surface area contributed by atoms with Crippen LogP contribution in [0.2, 0.25) is 0 Å². The van der Waals surface area contributed by atoms with Gasteiger partial charge in [-0.1, -0.05) is 15.9 Å². The molecular weight excluding hydrogens is 300 g/mol. The summed E-state index contributed by atoms with van der Waals surface area (Å²) in [5.41, 5.74) is 6.19. The van der Waals surface area contributed by atoms with Crippen molar-refractivity contribution >= 4 is 21.8 Å². The summed E-state index contributed by atoms with van der Waals surface area (Å²) in [5.74, 6) is 1.19. The molecule has 1 aliphatic rings. The van der Waals surface area contributed by atoms with Crippen LogP contribution < -0.4 is 20.5 Å². The van der Waals surface area contributed by atoms with Crippen LogP contribution in [0.3, 0.4) is 0 Å². The topological polar surface area (TPSA) is 73.6 Å². The fourth-order valence-electron chi connectivity index (χ4n) is 1.75. The molecular formula is C12H15BrN2O3. The zero-order chi connectivity index (χ0) is 13.1. The Morgan fingerprint density at radius 1 is 1.50 bits per heavy atom. The Morgan fingerprint density at radius 3 is 2.83 bits per heavy atom. The first-order valence-electron chi connectivity index (χ1n) is 5.66. The number of hydrogen-bond donors (Lipinski definition) is 2. The zero-order valence-corrected chi connectivity index (χ0v) is 11.6. The number of carbonyl (C=O) groups excluding carboxylic acids is 1. The van der Waals surface area contributed by atoms with E-state index in [4.69, 9.17) is 15.2 Å². The highest BCUT2D eigenvalue weighted by Gasteiger charge is 2.16. The van der Waals surface area contributed by atoms with E-state index in [1.165, 1.54) is 0 Å². The number of ether oxygens (including phenoxy) is 2. The van der Waals surface area contributed by atoms with Gasteiger partial charge in [0.05, 0.1) is 0 Å². The maximum Gasteiger partial charge on any atom is 0.231 e. The smallest absolute Gasteiger partial charge is 0.231 e. The standard InChI is InChI=1S/C12H15BrN2O3/c1-7(2-12(14)16)15-5-8-3-10-11(4-9(8)13)18-6-17-10/h3-4,7,15H,2,5-6H2,1H3,(H2,14,16). The molecule has 0 aromatic heterocycles. The highest BCUT2D eigenvalue weighted by molar-refractivity contribution is 9.10. The van der Waals surface area contributed by atoms with E-state index in [1.807, 2.05) is 19.1 Å². The Hall–Kier alpha value is -1.27. The van der Waals surface area contributed by atoms with Crippen molar-refractivity contribution in [1.29, 1.82) is 0 Å². The fraction of sp³-hybridized carbons (Fsp3) is 0.417. The maximum absolute atomic E-state index is 10.8. The molecule has 0 bridgehead atoms. The highest BCUT2D eigenvalue weighted by Crippen LogP contribution is 2.36. The minimum atomic E-state index is -0.306. The number of nitrogens with two attached hydrogens (primary N) is 1. The summed E-state index contributed by atoms with van der Waals surface area (Å²) in [6, 6.07) is 3.86. The van der Waals surface area contributed by atoms with Crippen molar-refractivity contribution in [1.82, 2.24) is 5.32 Å². The Bertz CT molecular complexity index is 465. The molecule has 1 atom stereocenters. The van der Waals surface area contributed by atoms with Crippen LogP contribution >= 0.6 is 15.9 Å². The van der Waals surface area contributed by atoms with Crippen LogP contribution in [0.25, 0.3) is 0 Å². The van der Waals surface area contributed by atoms with Crippen molar-refractivity contribution in [3.8, 4) is 11.5 Å². The predicted octanol–water partition coefficient (Wildman–Crippen LogP) is 1.53. The Morgan fingerprint density at radius 2 is 2.17 bits per heavy atom. The van der Waals surface area contributed by atoms with E-state index in [9.17, 15) is 4.79 Å². The number of nitrogens with one attached hydrogen (secondary N) is 1. The molecule has 98 valence electrons. The van der Waals surface area contributed by atoms with E-state index < -0.39 is 0 Å². The van der Waals surface area contributed by atoms with Crippen LogP contribution in [0.5, 0.6) is 11.5 Å². The third-order valence-corrected chi connectivity index (χ3v) is 3.43. The second kappa shape index (κ2) is 5.58. The Balaban J connectivity index is 1.99. The lowest BCUT2D eigenvalue weighted by Gasteiger charge is -2.13. The highest BCUT2D eigenvalue weighted by atomic mass is 79.9. The van der Waals surface area contributed by atoms with E-state index in [2.05, 4.69) is 21.2 Å². The molecule has 6 heteroatoms. The molecule has 0 aliphatic carbocycles. The Kier molecular flexibility index (Phi) is 4.08. The third-order valence-electron chi connectivity index (χ3n) is 2.69. The van der Waals surface area contributed by atoms with Gasteiger partial charge in [-0.2, -0.15) is 0 Å². The van der Waals surface area contributed by atoms with Gasteiger partial charge in [-0.05, 0) is 24.6 Å². The van der Waals surface area contributed by atoms with Crippen LogP contribution in [0.1, 0.15) is 18.9 Å². The molecule has 1 aliphatic heterocycles. The van der Waals surface area contributed by atoms with Crippen molar-refractivity contribution in [2.45, 2.75) is 25.9 Å². The van der Waals surface area contributed by atoms with Gasteiger partial charge >= 0.3 is 0 Å². The molecule has 5 nitrogen and oxygen atoms in total. The fourth-order valence-corrected chi connectivity index (χ4v) is 2.22. The van der Waals surface area contributed by atoms with Crippen LogP contribution in [-0.4, -0.2) is 18.7 Å². The minimum absolute atomic E-state index is 0.0415. The number of primary amides is 1. The van der Waals surface area contributed by atoms with Gasteiger partial charge in [0.1, 0.15) is 0 Å². The maximum atomic E-state index is 10.8. The second-order valence-corrected chi connectivity index (χ2v) is 5.10. The van der Waals surface area contributed by atoms with Gasteiger partial charge in [-0.25, -0.2) is 0 Å². The zero-order valence-electron chi connectivity index (χ0n) is 10.0. The van der Waals surface area contributed by atoms with Gasteiger partial charge in [-0.3, -0.25) is 4.79 Å². The number of amides is 1. The molecule has 2 rings (SSSR count). The van der Waals surface area contributed by atoms with Crippen molar-refractivity contribution in [3.05, 3.63) is 22.2 Å². The summed E-state index contributed by atoms with van der Waals surface area (Å²) < 4.78 is 11.5. The van der Waals surface area contributed by atoms with E-state index in [-0.39, 0.29) is 18.7 Å². The molecule has 1 amide bonds. The third kappa shape index (κ3) is 3.14. The molecule has 0 spiro atoms. The largest absolute Gasteiger partial charge is 0.454 e. The molecule has 0 radical (unpaired) electrons. The normalized spacial score (nSPS) is 14.6. The van der Waals surface area contributed by atoms with Crippen molar-refractivity contribution in [2.24, 2.45) is 5.73 Å². The number of hydrogen-bond acceptors (Lipinski definition) is 4. The van der Waals surface area contributed by atoms with Gasteiger partial charge in [0.15, 0.2) is 11.5 Å². The molecule has 1 unspecified atom stereocenters. The van der Waals surface area contributed by atoms with E-state index >= 15 is 0 Å². The first kappa shape index (κ1) is 13.2. The van der Waals surface area contributed by atoms with Crippen LogP contribution in [0, 0.1) is 0 Å². The number of rotatable bonds is 5. The first-order chi connectivity index (χ1) is 8.56. The average Bonchev–Trinajstić information content (AvgIpc) is 2.71. The number of halogens is 1. The quantitative estimate of drug-likeness (QED) is 0.864.